The zero-order valence-electron chi connectivity index (χ0n) is 15.1. The van der Waals surface area contributed by atoms with E-state index >= 15 is 0 Å². The smallest absolute Gasteiger partial charge is 0.266 e. The van der Waals surface area contributed by atoms with Gasteiger partial charge in [-0.25, -0.2) is 8.78 Å². The van der Waals surface area contributed by atoms with Gasteiger partial charge < -0.3 is 5.11 Å². The van der Waals surface area contributed by atoms with Crippen LogP contribution in [0, 0.1) is 35.0 Å². The molecule has 0 bridgehead atoms. The Hall–Kier alpha value is -0.440. The summed E-state index contributed by atoms with van der Waals surface area (Å²) in [6.45, 7) is 4.68. The minimum atomic E-state index is -2.59. The average Bonchev–Trinajstić information content (AvgIpc) is 2.90. The molecule has 0 radical (unpaired) electrons. The van der Waals surface area contributed by atoms with E-state index in [0.29, 0.717) is 30.1 Å². The predicted octanol–water partition coefficient (Wildman–Crippen LogP) is 5.58. The lowest BCUT2D eigenvalue weighted by atomic mass is 9.49. The fourth-order valence-electron chi connectivity index (χ4n) is 7.43. The van der Waals surface area contributed by atoms with Gasteiger partial charge in [0, 0.05) is 0 Å². The van der Waals surface area contributed by atoms with Crippen molar-refractivity contribution in [1.82, 2.24) is 0 Å². The topological polar surface area (TPSA) is 20.2 Å². The number of alkyl halides is 2. The van der Waals surface area contributed by atoms with Gasteiger partial charge in [-0.1, -0.05) is 18.6 Å². The maximum Gasteiger partial charge on any atom is 0.266 e. The SMILES string of the molecule is CC=C1CC[C@H]2[C@@H]3CC[C@@H]4C[C@](O)(C(F)F)CC[C@@H]4[C@H]3CC[C@]12C. The first kappa shape index (κ1) is 17.0. The van der Waals surface area contributed by atoms with Crippen molar-refractivity contribution in [2.24, 2.45) is 35.0 Å². The molecule has 0 saturated heterocycles. The number of hydrogen-bond donors (Lipinski definition) is 1. The fraction of sp³-hybridized carbons (Fsp3) is 0.905. The second-order valence-electron chi connectivity index (χ2n) is 9.39. The van der Waals surface area contributed by atoms with Gasteiger partial charge in [-0.3, -0.25) is 0 Å². The minimum absolute atomic E-state index is 0.303. The van der Waals surface area contributed by atoms with E-state index in [0.717, 1.165) is 30.6 Å². The molecular weight excluding hydrogens is 306 g/mol. The molecule has 0 spiro atoms. The lowest BCUT2D eigenvalue weighted by Gasteiger charge is -2.56. The van der Waals surface area contributed by atoms with Crippen molar-refractivity contribution in [1.29, 1.82) is 0 Å². The van der Waals surface area contributed by atoms with Crippen LogP contribution >= 0.6 is 0 Å². The van der Waals surface area contributed by atoms with E-state index < -0.39 is 12.0 Å². The molecule has 0 aromatic rings. The summed E-state index contributed by atoms with van der Waals surface area (Å²) in [5, 5.41) is 10.3. The molecule has 0 unspecified atom stereocenters. The maximum absolute atomic E-state index is 13.2. The predicted molar refractivity (Wildman–Crippen MR) is 91.8 cm³/mol. The second kappa shape index (κ2) is 5.79. The zero-order chi connectivity index (χ0) is 17.1. The van der Waals surface area contributed by atoms with Crippen molar-refractivity contribution in [2.45, 2.75) is 83.7 Å². The van der Waals surface area contributed by atoms with Crippen LogP contribution < -0.4 is 0 Å². The molecule has 7 atom stereocenters. The molecule has 4 fully saturated rings. The largest absolute Gasteiger partial charge is 0.384 e. The highest BCUT2D eigenvalue weighted by atomic mass is 19.3. The van der Waals surface area contributed by atoms with Crippen LogP contribution in [0.25, 0.3) is 0 Å². The van der Waals surface area contributed by atoms with Crippen molar-refractivity contribution in [3.05, 3.63) is 11.6 Å². The number of hydrogen-bond acceptors (Lipinski definition) is 1. The summed E-state index contributed by atoms with van der Waals surface area (Å²) in [4.78, 5) is 0. The molecule has 136 valence electrons. The standard InChI is InChI=1S/C21H32F2O/c1-3-14-5-7-18-17-6-4-13-12-21(24,19(22)23)11-9-15(13)16(17)8-10-20(14,18)2/h3,13,15-19,24H,4-12H2,1-2H3/t13-,15+,16-,17-,18+,20-,21+/m1/s1. The van der Waals surface area contributed by atoms with Crippen molar-refractivity contribution in [2.75, 3.05) is 0 Å². The van der Waals surface area contributed by atoms with E-state index in [2.05, 4.69) is 19.9 Å². The van der Waals surface area contributed by atoms with Gasteiger partial charge in [0.2, 0.25) is 0 Å². The third-order valence-electron chi connectivity index (χ3n) is 8.65. The quantitative estimate of drug-likeness (QED) is 0.619. The summed E-state index contributed by atoms with van der Waals surface area (Å²) in [5.41, 5.74) is 0.368. The molecule has 4 rings (SSSR count). The molecule has 0 aliphatic heterocycles. The molecule has 0 aromatic carbocycles. The highest BCUT2D eigenvalue weighted by Gasteiger charge is 2.57. The lowest BCUT2D eigenvalue weighted by molar-refractivity contribution is -0.157. The number of halogens is 2. The molecule has 4 aliphatic carbocycles. The van der Waals surface area contributed by atoms with Crippen LogP contribution in [-0.2, 0) is 0 Å². The Balaban J connectivity index is 1.54. The van der Waals surface area contributed by atoms with E-state index in [4.69, 9.17) is 0 Å². The Bertz CT molecular complexity index is 530. The van der Waals surface area contributed by atoms with E-state index in [-0.39, 0.29) is 0 Å². The summed E-state index contributed by atoms with van der Waals surface area (Å²) in [6, 6.07) is 0. The van der Waals surface area contributed by atoms with E-state index in [9.17, 15) is 13.9 Å². The molecule has 0 heterocycles. The molecule has 24 heavy (non-hydrogen) atoms. The van der Waals surface area contributed by atoms with Gasteiger partial charge in [0.05, 0.1) is 0 Å². The fourth-order valence-corrected chi connectivity index (χ4v) is 7.43. The van der Waals surface area contributed by atoms with Gasteiger partial charge in [0.25, 0.3) is 6.43 Å². The van der Waals surface area contributed by atoms with Gasteiger partial charge in [0.1, 0.15) is 5.60 Å². The highest BCUT2D eigenvalue weighted by Crippen LogP contribution is 2.64. The highest BCUT2D eigenvalue weighted by molar-refractivity contribution is 5.23. The van der Waals surface area contributed by atoms with E-state index in [1.807, 2.05) is 0 Å². The van der Waals surface area contributed by atoms with E-state index in [1.54, 1.807) is 5.57 Å². The van der Waals surface area contributed by atoms with Crippen LogP contribution in [0.5, 0.6) is 0 Å². The summed E-state index contributed by atoms with van der Waals surface area (Å²) >= 11 is 0. The zero-order valence-corrected chi connectivity index (χ0v) is 15.1. The maximum atomic E-state index is 13.2. The van der Waals surface area contributed by atoms with Gasteiger partial charge in [-0.15, -0.1) is 0 Å². The molecule has 4 saturated carbocycles. The van der Waals surface area contributed by atoms with Gasteiger partial charge in [-0.05, 0) is 99.7 Å². The minimum Gasteiger partial charge on any atom is -0.384 e. The van der Waals surface area contributed by atoms with Crippen molar-refractivity contribution < 1.29 is 13.9 Å². The van der Waals surface area contributed by atoms with Crippen LogP contribution in [0.2, 0.25) is 0 Å². The normalized spacial score (nSPS) is 52.9. The summed E-state index contributed by atoms with van der Waals surface area (Å²) in [6.07, 6.45) is 8.61. The number of fused-ring (bicyclic) bond motifs is 5. The molecule has 4 aliphatic rings. The number of rotatable bonds is 1. The second-order valence-corrected chi connectivity index (χ2v) is 9.39. The summed E-state index contributed by atoms with van der Waals surface area (Å²) in [5.74, 6) is 3.23. The van der Waals surface area contributed by atoms with Crippen molar-refractivity contribution in [3.8, 4) is 0 Å². The third kappa shape index (κ3) is 2.33. The van der Waals surface area contributed by atoms with Gasteiger partial charge >= 0.3 is 0 Å². The average molecular weight is 338 g/mol. The summed E-state index contributed by atoms with van der Waals surface area (Å²) < 4.78 is 26.5. The third-order valence-corrected chi connectivity index (χ3v) is 8.65. The monoisotopic (exact) mass is 338 g/mol. The van der Waals surface area contributed by atoms with Crippen LogP contribution in [0.3, 0.4) is 0 Å². The Morgan fingerprint density at radius 3 is 2.50 bits per heavy atom. The Kier molecular flexibility index (Phi) is 4.10. The molecule has 0 amide bonds. The Morgan fingerprint density at radius 1 is 1.04 bits per heavy atom. The molecule has 0 aromatic heterocycles. The number of allylic oxidation sites excluding steroid dienone is 2. The van der Waals surface area contributed by atoms with Crippen LogP contribution in [-0.4, -0.2) is 17.1 Å². The first-order valence-electron chi connectivity index (χ1n) is 10.1. The molecule has 1 nitrogen and oxygen atoms in total. The van der Waals surface area contributed by atoms with Crippen molar-refractivity contribution in [3.63, 3.8) is 0 Å². The molecule has 3 heteroatoms. The van der Waals surface area contributed by atoms with Crippen molar-refractivity contribution >= 4 is 0 Å². The van der Waals surface area contributed by atoms with Crippen LogP contribution in [0.15, 0.2) is 11.6 Å². The van der Waals surface area contributed by atoms with Gasteiger partial charge in [0.15, 0.2) is 0 Å². The number of aliphatic hydroxyl groups is 1. The first-order valence-corrected chi connectivity index (χ1v) is 10.1. The summed E-state index contributed by atoms with van der Waals surface area (Å²) in [7, 11) is 0. The van der Waals surface area contributed by atoms with Crippen LogP contribution in [0.1, 0.15) is 71.6 Å². The van der Waals surface area contributed by atoms with Crippen LogP contribution in [0.4, 0.5) is 8.78 Å². The Morgan fingerprint density at radius 2 is 1.79 bits per heavy atom. The Labute approximate surface area is 144 Å². The first-order chi connectivity index (χ1) is 11.4. The molecule has 1 N–H and O–H groups in total. The van der Waals surface area contributed by atoms with E-state index in [1.165, 1.54) is 32.1 Å². The lowest BCUT2D eigenvalue weighted by Crippen LogP contribution is -2.52. The van der Waals surface area contributed by atoms with Gasteiger partial charge in [-0.2, -0.15) is 0 Å². The molecular formula is C21H32F2O.